The summed E-state index contributed by atoms with van der Waals surface area (Å²) in [5, 5.41) is 12.8. The zero-order valence-corrected chi connectivity index (χ0v) is 30.9. The van der Waals surface area contributed by atoms with Gasteiger partial charge >= 0.3 is 0 Å². The van der Waals surface area contributed by atoms with Gasteiger partial charge in [-0.05, 0) is 125 Å². The van der Waals surface area contributed by atoms with Crippen LogP contribution in [0.2, 0.25) is 0 Å². The van der Waals surface area contributed by atoms with Crippen LogP contribution >= 0.6 is 0 Å². The Balaban J connectivity index is 1.08. The van der Waals surface area contributed by atoms with Crippen LogP contribution in [0.25, 0.3) is 23.0 Å². The number of allylic oxidation sites excluding steroid dienone is 7. The standard InChI is InChI=1S/C46H51N2O4/c1-5-47(6-2)33-13-15-35-31(23-41(51-43(35)25-33)37-19-27-9-11-29(37)17-27)21-39-45(49)40(46(39)50)22-32-24-42(38-20-28-10-12-30(38)18-28)52-44-26-34(14-16-36(32)44)48(7-3)8-4/h9-16,21-30,37-39,45,49H,5-8,17-20H2,1-4H3/q+1. The number of carbonyl (C=O) groups excluding carboxylic acids is 1. The Hall–Kier alpha value is -4.42. The molecule has 2 heterocycles. The molecule has 268 valence electrons. The number of aliphatic hydroxyl groups is 1. The number of carbonyl (C=O) groups is 1. The first-order valence-electron chi connectivity index (χ1n) is 19.8. The van der Waals surface area contributed by atoms with Crippen LogP contribution in [-0.2, 0) is 4.79 Å². The van der Waals surface area contributed by atoms with Gasteiger partial charge in [-0.3, -0.25) is 4.79 Å². The highest BCUT2D eigenvalue weighted by molar-refractivity contribution is 6.11. The van der Waals surface area contributed by atoms with Crippen molar-refractivity contribution < 1.29 is 19.1 Å². The summed E-state index contributed by atoms with van der Waals surface area (Å²) >= 11 is 0. The van der Waals surface area contributed by atoms with E-state index in [1.54, 1.807) is 0 Å². The zero-order chi connectivity index (χ0) is 35.7. The van der Waals surface area contributed by atoms with Crippen LogP contribution in [0.4, 0.5) is 5.69 Å². The molecule has 4 bridgehead atoms. The summed E-state index contributed by atoms with van der Waals surface area (Å²) in [6.45, 7) is 12.3. The Morgan fingerprint density at radius 1 is 0.846 bits per heavy atom. The van der Waals surface area contributed by atoms with Crippen LogP contribution < -0.4 is 19.6 Å². The molecule has 2 aliphatic heterocycles. The van der Waals surface area contributed by atoms with Crippen molar-refractivity contribution in [2.45, 2.75) is 65.4 Å². The highest BCUT2D eigenvalue weighted by atomic mass is 16.5. The summed E-state index contributed by atoms with van der Waals surface area (Å²) in [7, 11) is 0. The molecule has 6 nitrogen and oxygen atoms in total. The Bertz CT molecular complexity index is 2120. The van der Waals surface area contributed by atoms with Gasteiger partial charge in [0.1, 0.15) is 36.1 Å². The van der Waals surface area contributed by atoms with Gasteiger partial charge in [-0.2, -0.15) is 0 Å². The lowest BCUT2D eigenvalue weighted by atomic mass is 9.73. The molecule has 1 aromatic carbocycles. The molecule has 1 N–H and O–H groups in total. The molecule has 3 fully saturated rings. The normalized spacial score (nSPS) is 31.0. The van der Waals surface area contributed by atoms with Crippen LogP contribution in [0.15, 0.2) is 94.7 Å². The molecule has 9 rings (SSSR count). The number of Topliss-reactive ketones (excluding diaryl/α,β-unsaturated/α-hetero) is 1. The van der Waals surface area contributed by atoms with Crippen molar-refractivity contribution in [1.29, 1.82) is 0 Å². The summed E-state index contributed by atoms with van der Waals surface area (Å²) < 4.78 is 15.7. The lowest BCUT2D eigenvalue weighted by molar-refractivity contribution is -0.127. The Morgan fingerprint density at radius 2 is 1.56 bits per heavy atom. The van der Waals surface area contributed by atoms with E-state index in [0.717, 1.165) is 95.4 Å². The van der Waals surface area contributed by atoms with Gasteiger partial charge in [-0.1, -0.05) is 30.4 Å². The number of aliphatic hydroxyl groups excluding tert-OH is 1. The maximum absolute atomic E-state index is 14.0. The predicted molar refractivity (Wildman–Crippen MR) is 208 cm³/mol. The number of hydrogen-bond acceptors (Lipinski definition) is 5. The number of anilines is 1. The van der Waals surface area contributed by atoms with Crippen LogP contribution in [0.3, 0.4) is 0 Å². The van der Waals surface area contributed by atoms with Gasteiger partial charge in [0.15, 0.2) is 5.78 Å². The smallest absolute Gasteiger partial charge is 0.203 e. The molecule has 0 radical (unpaired) electrons. The Labute approximate surface area is 307 Å². The van der Waals surface area contributed by atoms with E-state index in [1.807, 2.05) is 12.2 Å². The van der Waals surface area contributed by atoms with Crippen LogP contribution in [0, 0.1) is 35.5 Å². The van der Waals surface area contributed by atoms with Crippen molar-refractivity contribution in [1.82, 2.24) is 4.58 Å². The van der Waals surface area contributed by atoms with E-state index < -0.39 is 12.0 Å². The van der Waals surface area contributed by atoms with E-state index in [4.69, 9.17) is 9.15 Å². The van der Waals surface area contributed by atoms with Gasteiger partial charge in [0.05, 0.1) is 18.1 Å². The number of rotatable bonds is 9. The summed E-state index contributed by atoms with van der Waals surface area (Å²) in [4.78, 5) is 16.4. The van der Waals surface area contributed by atoms with Crippen LogP contribution in [0.5, 0.6) is 5.75 Å². The Kier molecular flexibility index (Phi) is 8.49. The molecule has 6 heteroatoms. The minimum absolute atomic E-state index is 0.0243. The lowest BCUT2D eigenvalue weighted by Gasteiger charge is -2.34. The lowest BCUT2D eigenvalue weighted by Crippen LogP contribution is -2.43. The first kappa shape index (κ1) is 33.4. The molecular formula is C46H51N2O4+. The summed E-state index contributed by atoms with van der Waals surface area (Å²) in [5.74, 6) is 5.86. The number of ether oxygens (including phenoxy) is 1. The second-order valence-corrected chi connectivity index (χ2v) is 15.8. The third-order valence-corrected chi connectivity index (χ3v) is 13.1. The molecule has 8 unspecified atom stereocenters. The molecule has 52 heavy (non-hydrogen) atoms. The van der Waals surface area contributed by atoms with Crippen molar-refractivity contribution in [2.24, 2.45) is 35.5 Å². The van der Waals surface area contributed by atoms with Gasteiger partial charge in [0.2, 0.25) is 5.36 Å². The molecular weight excluding hydrogens is 645 g/mol. The summed E-state index contributed by atoms with van der Waals surface area (Å²) in [6.07, 6.45) is 19.2. The third-order valence-electron chi connectivity index (χ3n) is 13.1. The van der Waals surface area contributed by atoms with Crippen molar-refractivity contribution in [3.05, 3.63) is 112 Å². The van der Waals surface area contributed by atoms with Crippen LogP contribution in [-0.4, -0.2) is 43.2 Å². The average molecular weight is 696 g/mol. The maximum Gasteiger partial charge on any atom is 0.203 e. The number of nitrogens with zero attached hydrogens (tertiary/aromatic N) is 2. The van der Waals surface area contributed by atoms with Gasteiger partial charge in [-0.15, -0.1) is 0 Å². The second-order valence-electron chi connectivity index (χ2n) is 15.8. The first-order chi connectivity index (χ1) is 25.3. The van der Waals surface area contributed by atoms with Crippen molar-refractivity contribution in [3.8, 4) is 17.1 Å². The Morgan fingerprint density at radius 3 is 2.19 bits per heavy atom. The van der Waals surface area contributed by atoms with E-state index in [0.29, 0.717) is 41.1 Å². The number of benzene rings is 2. The fourth-order valence-corrected chi connectivity index (χ4v) is 10.1. The highest BCUT2D eigenvalue weighted by Crippen LogP contribution is 2.52. The monoisotopic (exact) mass is 695 g/mol. The minimum Gasteiger partial charge on any atom is -0.461 e. The topological polar surface area (TPSA) is 65.9 Å². The largest absolute Gasteiger partial charge is 0.461 e. The molecule has 0 saturated heterocycles. The van der Waals surface area contributed by atoms with E-state index in [2.05, 4.69) is 110 Å². The highest BCUT2D eigenvalue weighted by Gasteiger charge is 2.45. The molecule has 1 aromatic rings. The fraction of sp³-hybridized carbons (Fsp3) is 0.435. The van der Waals surface area contributed by atoms with Gasteiger partial charge in [0, 0.05) is 59.4 Å². The molecule has 8 atom stereocenters. The van der Waals surface area contributed by atoms with E-state index in [1.165, 1.54) is 12.8 Å². The van der Waals surface area contributed by atoms with E-state index in [9.17, 15) is 9.90 Å². The van der Waals surface area contributed by atoms with Gasteiger partial charge in [-0.25, -0.2) is 4.58 Å². The van der Waals surface area contributed by atoms with Crippen molar-refractivity contribution in [3.63, 3.8) is 0 Å². The molecule has 0 amide bonds. The zero-order valence-electron chi connectivity index (χ0n) is 30.9. The maximum atomic E-state index is 14.0. The fourth-order valence-electron chi connectivity index (χ4n) is 10.1. The average Bonchev–Trinajstić information content (AvgIpc) is 4.00. The number of ketones is 1. The molecule has 0 aromatic heterocycles. The molecule has 8 aliphatic rings. The molecule has 3 saturated carbocycles. The predicted octanol–water partition coefficient (Wildman–Crippen LogP) is 8.24. The number of fused-ring (bicyclic) bond motifs is 6. The third kappa shape index (κ3) is 5.57. The van der Waals surface area contributed by atoms with Gasteiger partial charge in [0.25, 0.3) is 0 Å². The van der Waals surface area contributed by atoms with Gasteiger partial charge < -0.3 is 19.2 Å². The summed E-state index contributed by atoms with van der Waals surface area (Å²) in [6, 6.07) is 15.0. The second kappa shape index (κ2) is 13.2. The molecule has 0 spiro atoms. The quantitative estimate of drug-likeness (QED) is 0.139. The van der Waals surface area contributed by atoms with Crippen molar-refractivity contribution in [2.75, 3.05) is 31.1 Å². The SMILES string of the molecule is CCN(CC)c1ccc2c(c1)OC(C1CC3C=CC1C3)=CC2=CC1C(=O)C(=Cc2cc(C3CC4C=CC3C4)oc3cc(=[N+](CC)CC)ccc2-3)C1O. The number of hydrogen-bond donors (Lipinski definition) is 1. The summed E-state index contributed by atoms with van der Waals surface area (Å²) in [5.41, 5.74) is 5.43. The minimum atomic E-state index is -0.889. The van der Waals surface area contributed by atoms with E-state index >= 15 is 0 Å². The van der Waals surface area contributed by atoms with Crippen molar-refractivity contribution >= 4 is 23.1 Å². The van der Waals surface area contributed by atoms with Crippen LogP contribution in [0.1, 0.15) is 76.2 Å². The molecule has 6 aliphatic carbocycles. The first-order valence-corrected chi connectivity index (χ1v) is 19.8. The van der Waals surface area contributed by atoms with E-state index in [-0.39, 0.29) is 5.78 Å².